The van der Waals surface area contributed by atoms with E-state index < -0.39 is 33.7 Å². The molecule has 0 saturated heterocycles. The van der Waals surface area contributed by atoms with Gasteiger partial charge in [-0.25, -0.2) is 9.78 Å². The first-order valence-corrected chi connectivity index (χ1v) is 6.34. The summed E-state index contributed by atoms with van der Waals surface area (Å²) < 4.78 is 0. The summed E-state index contributed by atoms with van der Waals surface area (Å²) in [5.41, 5.74) is 8.17. The number of nitrogens with zero attached hydrogens (tertiary/aromatic N) is 2. The highest BCUT2D eigenvalue weighted by molar-refractivity contribution is 6.29. The molecule has 0 amide bonds. The average molecular weight is 356 g/mol. The monoisotopic (exact) mass is 355 g/mol. The fourth-order valence-corrected chi connectivity index (χ4v) is 1.78. The Bertz CT molecular complexity index is 730. The van der Waals surface area contributed by atoms with Crippen LogP contribution in [0.4, 0.5) is 17.5 Å². The summed E-state index contributed by atoms with van der Waals surface area (Å²) >= 11 is 5.46. The number of carboxylic acids is 2. The third-order valence-corrected chi connectivity index (χ3v) is 2.64. The van der Waals surface area contributed by atoms with Crippen molar-refractivity contribution in [3.63, 3.8) is 0 Å². The molecule has 0 radical (unpaired) electrons. The van der Waals surface area contributed by atoms with Gasteiger partial charge in [0.15, 0.2) is 11.0 Å². The minimum Gasteiger partial charge on any atom is -0.545 e. The lowest BCUT2D eigenvalue weighted by Crippen LogP contribution is -2.25. The normalized spacial score (nSPS) is 9.54. The SMILES string of the molecule is Nc1cc(Cl)nc(N)[nH+]1.O=C([O-])c1cccc([N+](=O)[O-])c1C(=O)O. The number of nitrogens with one attached hydrogen (secondary N) is 1. The second kappa shape index (κ2) is 7.69. The summed E-state index contributed by atoms with van der Waals surface area (Å²) in [4.78, 5) is 36.8. The first kappa shape index (κ1) is 18.6. The zero-order chi connectivity index (χ0) is 18.4. The molecule has 126 valence electrons. The van der Waals surface area contributed by atoms with E-state index >= 15 is 0 Å². The lowest BCUT2D eigenvalue weighted by Gasteiger charge is -2.06. The summed E-state index contributed by atoms with van der Waals surface area (Å²) in [5.74, 6) is -2.81. The molecule has 0 spiro atoms. The number of aromatic amines is 1. The van der Waals surface area contributed by atoms with Crippen LogP contribution in [0.15, 0.2) is 24.3 Å². The Morgan fingerprint density at radius 3 is 2.38 bits per heavy atom. The number of benzene rings is 1. The second-order valence-corrected chi connectivity index (χ2v) is 4.48. The smallest absolute Gasteiger partial charge is 0.343 e. The zero-order valence-corrected chi connectivity index (χ0v) is 12.5. The molecular formula is C12H10ClN5O6. The number of hydrogen-bond donors (Lipinski definition) is 3. The minimum absolute atomic E-state index is 0.222. The first-order valence-electron chi connectivity index (χ1n) is 5.96. The number of nitro groups is 1. The van der Waals surface area contributed by atoms with Crippen molar-refractivity contribution >= 4 is 41.0 Å². The van der Waals surface area contributed by atoms with Crippen molar-refractivity contribution in [2.24, 2.45) is 0 Å². The van der Waals surface area contributed by atoms with E-state index in [1.807, 2.05) is 0 Å². The van der Waals surface area contributed by atoms with Crippen molar-refractivity contribution < 1.29 is 29.7 Å². The number of hydrogen-bond acceptors (Lipinski definition) is 8. The number of carbonyl (C=O) groups is 2. The van der Waals surface area contributed by atoms with Gasteiger partial charge < -0.3 is 26.5 Å². The van der Waals surface area contributed by atoms with Gasteiger partial charge in [-0.2, -0.15) is 0 Å². The fraction of sp³-hybridized carbons (Fsp3) is 0. The second-order valence-electron chi connectivity index (χ2n) is 4.09. The van der Waals surface area contributed by atoms with Crippen LogP contribution in [-0.4, -0.2) is 27.0 Å². The van der Waals surface area contributed by atoms with Crippen LogP contribution in [0.25, 0.3) is 0 Å². The van der Waals surface area contributed by atoms with Gasteiger partial charge in [-0.3, -0.25) is 10.1 Å². The standard InChI is InChI=1S/C8H5NO6.C4H5ClN4/c10-7(11)4-2-1-3-5(9(14)15)6(4)8(12)13;5-2-1-3(6)9-4(7)8-2/h1-3H,(H,10,11)(H,12,13);1H,(H4,6,7,8,9). The maximum Gasteiger partial charge on any atom is 0.343 e. The zero-order valence-electron chi connectivity index (χ0n) is 11.7. The van der Waals surface area contributed by atoms with E-state index in [-0.39, 0.29) is 5.95 Å². The van der Waals surface area contributed by atoms with Gasteiger partial charge in [0.05, 0.1) is 17.0 Å². The first-order chi connectivity index (χ1) is 11.1. The quantitative estimate of drug-likeness (QED) is 0.364. The molecule has 1 aromatic carbocycles. The summed E-state index contributed by atoms with van der Waals surface area (Å²) in [6.07, 6.45) is 0. The molecule has 1 aromatic heterocycles. The van der Waals surface area contributed by atoms with E-state index in [0.29, 0.717) is 11.0 Å². The van der Waals surface area contributed by atoms with Crippen LogP contribution in [0, 0.1) is 10.1 Å². The summed E-state index contributed by atoms with van der Waals surface area (Å²) in [6.45, 7) is 0. The number of anilines is 2. The number of carbonyl (C=O) groups excluding carboxylic acids is 1. The maximum absolute atomic E-state index is 10.7. The van der Waals surface area contributed by atoms with Crippen molar-refractivity contribution in [1.29, 1.82) is 0 Å². The molecule has 0 saturated carbocycles. The van der Waals surface area contributed by atoms with Crippen molar-refractivity contribution in [2.75, 3.05) is 11.5 Å². The fourth-order valence-electron chi connectivity index (χ4n) is 1.57. The van der Waals surface area contributed by atoms with E-state index in [1.165, 1.54) is 6.07 Å². The minimum atomic E-state index is -1.77. The molecule has 0 unspecified atom stereocenters. The molecular weight excluding hydrogens is 346 g/mol. The molecule has 0 aliphatic rings. The Morgan fingerprint density at radius 1 is 1.33 bits per heavy atom. The number of nitro benzene ring substituents is 1. The van der Waals surface area contributed by atoms with E-state index in [0.717, 1.165) is 18.2 Å². The number of H-pyrrole nitrogens is 1. The Balaban J connectivity index is 0.000000272. The molecule has 0 aliphatic heterocycles. The van der Waals surface area contributed by atoms with Gasteiger partial charge in [-0.1, -0.05) is 17.1 Å². The molecule has 0 atom stereocenters. The third-order valence-electron chi connectivity index (χ3n) is 2.45. The summed E-state index contributed by atoms with van der Waals surface area (Å²) in [6, 6.07) is 4.41. The van der Waals surface area contributed by atoms with Crippen LogP contribution in [0.5, 0.6) is 0 Å². The molecule has 2 rings (SSSR count). The van der Waals surface area contributed by atoms with Crippen molar-refractivity contribution in [3.05, 3.63) is 50.7 Å². The van der Waals surface area contributed by atoms with Gasteiger partial charge in [0.25, 0.3) is 5.69 Å². The Morgan fingerprint density at radius 2 is 1.96 bits per heavy atom. The number of nitrogen functional groups attached to an aromatic ring is 2. The summed E-state index contributed by atoms with van der Waals surface area (Å²) in [7, 11) is 0. The number of carboxylic acid groups (broad SMARTS) is 2. The lowest BCUT2D eigenvalue weighted by atomic mass is 10.1. The maximum atomic E-state index is 10.7. The van der Waals surface area contributed by atoms with Gasteiger partial charge in [0, 0.05) is 11.6 Å². The van der Waals surface area contributed by atoms with Crippen molar-refractivity contribution in [1.82, 2.24) is 4.98 Å². The van der Waals surface area contributed by atoms with Crippen LogP contribution < -0.4 is 21.6 Å². The van der Waals surface area contributed by atoms with Gasteiger partial charge in [0.1, 0.15) is 5.56 Å². The molecule has 2 aromatic rings. The molecule has 12 heteroatoms. The molecule has 0 aliphatic carbocycles. The lowest BCUT2D eigenvalue weighted by molar-refractivity contribution is -0.385. The number of rotatable bonds is 3. The van der Waals surface area contributed by atoms with E-state index in [4.69, 9.17) is 28.2 Å². The third kappa shape index (κ3) is 4.78. The summed E-state index contributed by atoms with van der Waals surface area (Å²) in [5, 5.41) is 29.9. The van der Waals surface area contributed by atoms with E-state index in [1.54, 1.807) is 0 Å². The van der Waals surface area contributed by atoms with Crippen LogP contribution in [0.1, 0.15) is 20.7 Å². The molecule has 0 bridgehead atoms. The number of halogens is 1. The predicted molar refractivity (Wildman–Crippen MR) is 79.0 cm³/mol. The van der Waals surface area contributed by atoms with E-state index in [2.05, 4.69) is 9.97 Å². The molecule has 6 N–H and O–H groups in total. The van der Waals surface area contributed by atoms with E-state index in [9.17, 15) is 24.8 Å². The van der Waals surface area contributed by atoms with Crippen LogP contribution >= 0.6 is 11.6 Å². The average Bonchev–Trinajstić information content (AvgIpc) is 2.45. The van der Waals surface area contributed by atoms with Crippen LogP contribution in [0.3, 0.4) is 0 Å². The van der Waals surface area contributed by atoms with Crippen LogP contribution in [0.2, 0.25) is 5.15 Å². The number of aromatic nitrogens is 2. The topological polar surface area (TPSA) is 200 Å². The number of aromatic carboxylic acids is 2. The highest BCUT2D eigenvalue weighted by atomic mass is 35.5. The molecule has 1 heterocycles. The Hall–Kier alpha value is -3.47. The van der Waals surface area contributed by atoms with Gasteiger partial charge in [-0.15, -0.1) is 0 Å². The molecule has 0 fully saturated rings. The van der Waals surface area contributed by atoms with Gasteiger partial charge >= 0.3 is 11.9 Å². The van der Waals surface area contributed by atoms with Gasteiger partial charge in [-0.05, 0) is 11.6 Å². The predicted octanol–water partition coefficient (Wildman–Crippen LogP) is -0.630. The Kier molecular flexibility index (Phi) is 5.95. The molecule has 11 nitrogen and oxygen atoms in total. The largest absolute Gasteiger partial charge is 0.545 e. The Labute approximate surface area is 138 Å². The number of nitrogens with two attached hydrogens (primary N) is 2. The van der Waals surface area contributed by atoms with Crippen molar-refractivity contribution in [3.8, 4) is 0 Å². The van der Waals surface area contributed by atoms with Crippen LogP contribution in [-0.2, 0) is 0 Å². The highest BCUT2D eigenvalue weighted by Crippen LogP contribution is 2.21. The highest BCUT2D eigenvalue weighted by Gasteiger charge is 2.23. The molecule has 24 heavy (non-hydrogen) atoms. The van der Waals surface area contributed by atoms with Gasteiger partial charge in [0.2, 0.25) is 0 Å². The van der Waals surface area contributed by atoms with Crippen molar-refractivity contribution in [2.45, 2.75) is 0 Å².